The quantitative estimate of drug-likeness (QED) is 0.850. The summed E-state index contributed by atoms with van der Waals surface area (Å²) in [6.45, 7) is 6.10. The summed E-state index contributed by atoms with van der Waals surface area (Å²) in [6, 6.07) is 9.01. The van der Waals surface area contributed by atoms with Gasteiger partial charge >= 0.3 is 0 Å². The van der Waals surface area contributed by atoms with Crippen molar-refractivity contribution in [1.82, 2.24) is 9.88 Å². The SMILES string of the molecule is Cc1[nH]c2ccccc2c1CN(C)C(C)CCN. The fraction of sp³-hybridized carbons (Fsp3) is 0.467. The van der Waals surface area contributed by atoms with Gasteiger partial charge in [-0.2, -0.15) is 0 Å². The van der Waals surface area contributed by atoms with Crippen LogP contribution in [0.3, 0.4) is 0 Å². The standard InChI is InChI=1S/C15H23N3/c1-11(8-9-16)18(3)10-14-12(2)17-15-7-5-4-6-13(14)15/h4-7,11,17H,8-10,16H2,1-3H3. The number of hydrogen-bond acceptors (Lipinski definition) is 2. The van der Waals surface area contributed by atoms with E-state index in [4.69, 9.17) is 5.73 Å². The molecule has 18 heavy (non-hydrogen) atoms. The van der Waals surface area contributed by atoms with Gasteiger partial charge in [0.25, 0.3) is 0 Å². The molecule has 1 aromatic heterocycles. The third-order valence-electron chi connectivity index (χ3n) is 3.77. The molecule has 0 aliphatic heterocycles. The molecule has 0 fully saturated rings. The third kappa shape index (κ3) is 2.57. The van der Waals surface area contributed by atoms with Crippen molar-refractivity contribution in [3.8, 4) is 0 Å². The first-order valence-electron chi connectivity index (χ1n) is 6.60. The molecule has 0 bridgehead atoms. The van der Waals surface area contributed by atoms with E-state index in [0.29, 0.717) is 6.04 Å². The van der Waals surface area contributed by atoms with Crippen molar-refractivity contribution in [3.05, 3.63) is 35.5 Å². The van der Waals surface area contributed by atoms with Crippen LogP contribution in [-0.2, 0) is 6.54 Å². The largest absolute Gasteiger partial charge is 0.358 e. The number of aryl methyl sites for hydroxylation is 1. The van der Waals surface area contributed by atoms with E-state index in [1.54, 1.807) is 0 Å². The van der Waals surface area contributed by atoms with Crippen molar-refractivity contribution in [2.24, 2.45) is 5.73 Å². The molecule has 3 nitrogen and oxygen atoms in total. The van der Waals surface area contributed by atoms with Crippen LogP contribution in [0.25, 0.3) is 10.9 Å². The Morgan fingerprint density at radius 3 is 2.78 bits per heavy atom. The minimum atomic E-state index is 0.517. The molecule has 0 amide bonds. The van der Waals surface area contributed by atoms with Gasteiger partial charge in [-0.1, -0.05) is 18.2 Å². The highest BCUT2D eigenvalue weighted by atomic mass is 15.1. The second kappa shape index (κ2) is 5.55. The maximum atomic E-state index is 5.63. The van der Waals surface area contributed by atoms with E-state index < -0.39 is 0 Å². The van der Waals surface area contributed by atoms with Crippen LogP contribution >= 0.6 is 0 Å². The van der Waals surface area contributed by atoms with Gasteiger partial charge < -0.3 is 10.7 Å². The number of rotatable bonds is 5. The van der Waals surface area contributed by atoms with Crippen LogP contribution in [0.15, 0.2) is 24.3 Å². The Morgan fingerprint density at radius 1 is 1.33 bits per heavy atom. The van der Waals surface area contributed by atoms with Crippen molar-refractivity contribution in [2.75, 3.05) is 13.6 Å². The number of nitrogens with two attached hydrogens (primary N) is 1. The van der Waals surface area contributed by atoms with Crippen LogP contribution in [0.5, 0.6) is 0 Å². The summed E-state index contributed by atoms with van der Waals surface area (Å²) in [5, 5.41) is 1.33. The van der Waals surface area contributed by atoms with Crippen LogP contribution in [0.4, 0.5) is 0 Å². The number of H-pyrrole nitrogens is 1. The Bertz CT molecular complexity index is 515. The zero-order chi connectivity index (χ0) is 13.1. The molecular weight excluding hydrogens is 222 g/mol. The summed E-state index contributed by atoms with van der Waals surface area (Å²) in [5.74, 6) is 0. The summed E-state index contributed by atoms with van der Waals surface area (Å²) in [5.41, 5.74) is 9.52. The van der Waals surface area contributed by atoms with E-state index in [1.807, 2.05) is 0 Å². The lowest BCUT2D eigenvalue weighted by Gasteiger charge is -2.24. The fourth-order valence-corrected chi connectivity index (χ4v) is 2.41. The Kier molecular flexibility index (Phi) is 4.04. The minimum absolute atomic E-state index is 0.517. The van der Waals surface area contributed by atoms with Crippen molar-refractivity contribution >= 4 is 10.9 Å². The first kappa shape index (κ1) is 13.1. The molecule has 3 N–H and O–H groups in total. The Balaban J connectivity index is 2.23. The van der Waals surface area contributed by atoms with E-state index in [0.717, 1.165) is 19.5 Å². The van der Waals surface area contributed by atoms with Gasteiger partial charge in [0.15, 0.2) is 0 Å². The van der Waals surface area contributed by atoms with Gasteiger partial charge in [-0.15, -0.1) is 0 Å². The highest BCUT2D eigenvalue weighted by Crippen LogP contribution is 2.23. The molecule has 2 aromatic rings. The maximum absolute atomic E-state index is 5.63. The van der Waals surface area contributed by atoms with Gasteiger partial charge in [0, 0.05) is 29.2 Å². The number of hydrogen-bond donors (Lipinski definition) is 2. The lowest BCUT2D eigenvalue weighted by atomic mass is 10.1. The lowest BCUT2D eigenvalue weighted by molar-refractivity contribution is 0.241. The Morgan fingerprint density at radius 2 is 2.06 bits per heavy atom. The Hall–Kier alpha value is -1.32. The smallest absolute Gasteiger partial charge is 0.0459 e. The van der Waals surface area contributed by atoms with Crippen molar-refractivity contribution in [1.29, 1.82) is 0 Å². The molecule has 1 unspecified atom stereocenters. The lowest BCUT2D eigenvalue weighted by Crippen LogP contribution is -2.30. The highest BCUT2D eigenvalue weighted by Gasteiger charge is 2.13. The molecule has 0 saturated carbocycles. The molecule has 0 spiro atoms. The molecule has 0 radical (unpaired) electrons. The second-order valence-corrected chi connectivity index (χ2v) is 5.12. The van der Waals surface area contributed by atoms with Crippen LogP contribution in [0, 0.1) is 6.92 Å². The molecule has 0 aliphatic rings. The van der Waals surface area contributed by atoms with Crippen LogP contribution in [0.1, 0.15) is 24.6 Å². The van der Waals surface area contributed by atoms with Gasteiger partial charge in [-0.25, -0.2) is 0 Å². The maximum Gasteiger partial charge on any atom is 0.0459 e. The first-order valence-corrected chi connectivity index (χ1v) is 6.60. The number of benzene rings is 1. The number of aromatic amines is 1. The van der Waals surface area contributed by atoms with Crippen molar-refractivity contribution in [3.63, 3.8) is 0 Å². The predicted octanol–water partition coefficient (Wildman–Crippen LogP) is 2.65. The fourth-order valence-electron chi connectivity index (χ4n) is 2.41. The highest BCUT2D eigenvalue weighted by molar-refractivity contribution is 5.84. The number of nitrogens with zero attached hydrogens (tertiary/aromatic N) is 1. The average molecular weight is 245 g/mol. The van der Waals surface area contributed by atoms with E-state index >= 15 is 0 Å². The van der Waals surface area contributed by atoms with E-state index in [1.165, 1.54) is 22.2 Å². The number of nitrogens with one attached hydrogen (secondary N) is 1. The van der Waals surface area contributed by atoms with Crippen LogP contribution in [-0.4, -0.2) is 29.5 Å². The average Bonchev–Trinajstić information content (AvgIpc) is 2.66. The summed E-state index contributed by atoms with van der Waals surface area (Å²) < 4.78 is 0. The van der Waals surface area contributed by atoms with Gasteiger partial charge in [-0.05, 0) is 45.5 Å². The minimum Gasteiger partial charge on any atom is -0.358 e. The number of para-hydroxylation sites is 1. The van der Waals surface area contributed by atoms with Gasteiger partial charge in [-0.3, -0.25) is 4.90 Å². The van der Waals surface area contributed by atoms with Gasteiger partial charge in [0.1, 0.15) is 0 Å². The summed E-state index contributed by atoms with van der Waals surface area (Å²) in [7, 11) is 2.17. The first-order chi connectivity index (χ1) is 8.63. The van der Waals surface area contributed by atoms with Crippen LogP contribution in [0.2, 0.25) is 0 Å². The molecule has 1 aromatic carbocycles. The number of aromatic nitrogens is 1. The van der Waals surface area contributed by atoms with Gasteiger partial charge in [0.05, 0.1) is 0 Å². The zero-order valence-corrected chi connectivity index (χ0v) is 11.5. The monoisotopic (exact) mass is 245 g/mol. The molecule has 3 heteroatoms. The number of fused-ring (bicyclic) bond motifs is 1. The topological polar surface area (TPSA) is 45.0 Å². The molecule has 0 saturated heterocycles. The molecule has 98 valence electrons. The zero-order valence-electron chi connectivity index (χ0n) is 11.5. The van der Waals surface area contributed by atoms with Gasteiger partial charge in [0.2, 0.25) is 0 Å². The molecule has 1 atom stereocenters. The molecule has 0 aliphatic carbocycles. The summed E-state index contributed by atoms with van der Waals surface area (Å²) >= 11 is 0. The third-order valence-corrected chi connectivity index (χ3v) is 3.77. The van der Waals surface area contributed by atoms with E-state index in [9.17, 15) is 0 Å². The Labute approximate surface area is 109 Å². The van der Waals surface area contributed by atoms with Crippen molar-refractivity contribution < 1.29 is 0 Å². The summed E-state index contributed by atoms with van der Waals surface area (Å²) in [6.07, 6.45) is 1.04. The van der Waals surface area contributed by atoms with E-state index in [2.05, 4.69) is 55.0 Å². The molecule has 2 rings (SSSR count). The second-order valence-electron chi connectivity index (χ2n) is 5.12. The normalized spacial score (nSPS) is 13.4. The van der Waals surface area contributed by atoms with E-state index in [-0.39, 0.29) is 0 Å². The van der Waals surface area contributed by atoms with Crippen molar-refractivity contribution in [2.45, 2.75) is 32.9 Å². The molecular formula is C15H23N3. The predicted molar refractivity (Wildman–Crippen MR) is 77.6 cm³/mol. The molecule has 1 heterocycles. The van der Waals surface area contributed by atoms with Crippen LogP contribution < -0.4 is 5.73 Å². The summed E-state index contributed by atoms with van der Waals surface area (Å²) in [4.78, 5) is 5.82.